The Labute approximate surface area is 112 Å². The predicted molar refractivity (Wildman–Crippen MR) is 68.7 cm³/mol. The van der Waals surface area contributed by atoms with Crippen LogP contribution in [0.2, 0.25) is 0 Å². The van der Waals surface area contributed by atoms with E-state index in [1.54, 1.807) is 0 Å². The summed E-state index contributed by atoms with van der Waals surface area (Å²) in [6, 6.07) is 0. The molecule has 0 aliphatic rings. The fraction of sp³-hybridized carbons (Fsp3) is 0.769. The van der Waals surface area contributed by atoms with Gasteiger partial charge in [-0.2, -0.15) is 18.3 Å². The minimum absolute atomic E-state index is 0.207. The van der Waals surface area contributed by atoms with Crippen LogP contribution in [0.25, 0.3) is 0 Å². The van der Waals surface area contributed by atoms with E-state index in [-0.39, 0.29) is 12.1 Å². The van der Waals surface area contributed by atoms with Crippen LogP contribution in [0.5, 0.6) is 0 Å². The van der Waals surface area contributed by atoms with Crippen molar-refractivity contribution in [1.29, 1.82) is 0 Å². The molecular weight excluding hydrogens is 255 g/mol. The fourth-order valence-electron chi connectivity index (χ4n) is 1.85. The maximum absolute atomic E-state index is 13.1. The molecule has 6 heteroatoms. The van der Waals surface area contributed by atoms with Gasteiger partial charge in [-0.05, 0) is 18.9 Å². The largest absolute Gasteiger partial charge is 0.433 e. The highest BCUT2D eigenvalue weighted by atomic mass is 19.4. The second-order valence-electron chi connectivity index (χ2n) is 5.12. The van der Waals surface area contributed by atoms with E-state index < -0.39 is 11.9 Å². The van der Waals surface area contributed by atoms with Gasteiger partial charge in [-0.25, -0.2) is 0 Å². The minimum atomic E-state index is -4.35. The van der Waals surface area contributed by atoms with Crippen molar-refractivity contribution in [2.24, 2.45) is 5.92 Å². The Kier molecular flexibility index (Phi) is 5.85. The molecule has 0 unspecified atom stereocenters. The van der Waals surface area contributed by atoms with Gasteiger partial charge in [-0.15, -0.1) is 0 Å². The van der Waals surface area contributed by atoms with E-state index in [0.29, 0.717) is 25.4 Å². The Hall–Kier alpha value is -1.04. The lowest BCUT2D eigenvalue weighted by atomic mass is 10.2. The number of nitrogens with zero attached hydrogens (tertiary/aromatic N) is 2. The number of hydrogen-bond donors (Lipinski definition) is 1. The second kappa shape index (κ2) is 6.93. The maximum Gasteiger partial charge on any atom is 0.433 e. The minimum Gasteiger partial charge on any atom is -0.312 e. The van der Waals surface area contributed by atoms with Gasteiger partial charge in [0.15, 0.2) is 0 Å². The van der Waals surface area contributed by atoms with E-state index in [2.05, 4.69) is 10.4 Å². The van der Waals surface area contributed by atoms with Crippen LogP contribution in [-0.4, -0.2) is 16.3 Å². The number of hydrogen-bond acceptors (Lipinski definition) is 2. The molecule has 0 fully saturated rings. The Bertz CT molecular complexity index is 383. The molecular formula is C13H22F3N3. The summed E-state index contributed by atoms with van der Waals surface area (Å²) in [6.45, 7) is 7.19. The van der Waals surface area contributed by atoms with Gasteiger partial charge in [-0.3, -0.25) is 4.68 Å². The molecule has 1 N–H and O–H groups in total. The van der Waals surface area contributed by atoms with Crippen LogP contribution >= 0.6 is 0 Å². The van der Waals surface area contributed by atoms with Crippen LogP contribution in [0.4, 0.5) is 13.2 Å². The summed E-state index contributed by atoms with van der Waals surface area (Å²) in [7, 11) is 0. The zero-order valence-corrected chi connectivity index (χ0v) is 11.7. The van der Waals surface area contributed by atoms with Crippen LogP contribution in [0, 0.1) is 5.92 Å². The average Bonchev–Trinajstić information content (AvgIpc) is 2.68. The van der Waals surface area contributed by atoms with E-state index in [1.807, 2.05) is 20.8 Å². The highest BCUT2D eigenvalue weighted by Gasteiger charge is 2.37. The number of unbranched alkanes of at least 4 members (excludes halogenated alkanes) is 1. The second-order valence-corrected chi connectivity index (χ2v) is 5.12. The van der Waals surface area contributed by atoms with Crippen molar-refractivity contribution >= 4 is 0 Å². The van der Waals surface area contributed by atoms with Gasteiger partial charge in [0.05, 0.1) is 6.20 Å². The zero-order chi connectivity index (χ0) is 14.5. The Balaban J connectivity index is 2.82. The number of aromatic nitrogens is 2. The molecule has 0 atom stereocenters. The van der Waals surface area contributed by atoms with Crippen molar-refractivity contribution in [1.82, 2.24) is 15.1 Å². The molecule has 0 aromatic carbocycles. The first-order valence-electron chi connectivity index (χ1n) is 6.68. The van der Waals surface area contributed by atoms with E-state index in [9.17, 15) is 13.2 Å². The maximum atomic E-state index is 13.1. The van der Waals surface area contributed by atoms with E-state index in [0.717, 1.165) is 11.1 Å². The van der Waals surface area contributed by atoms with Crippen molar-refractivity contribution in [3.05, 3.63) is 17.5 Å². The van der Waals surface area contributed by atoms with Gasteiger partial charge in [0.2, 0.25) is 0 Å². The monoisotopic (exact) mass is 277 g/mol. The van der Waals surface area contributed by atoms with Gasteiger partial charge in [-0.1, -0.05) is 27.2 Å². The molecule has 110 valence electrons. The average molecular weight is 277 g/mol. The third kappa shape index (κ3) is 4.86. The topological polar surface area (TPSA) is 29.9 Å². The van der Waals surface area contributed by atoms with Gasteiger partial charge in [0.1, 0.15) is 5.69 Å². The molecule has 1 aromatic rings. The number of nitrogens with one attached hydrogen (secondary N) is 1. The fourth-order valence-corrected chi connectivity index (χ4v) is 1.85. The molecule has 0 spiro atoms. The molecule has 0 amide bonds. The van der Waals surface area contributed by atoms with Crippen LogP contribution in [0.1, 0.15) is 44.9 Å². The van der Waals surface area contributed by atoms with Crippen LogP contribution in [0.3, 0.4) is 0 Å². The van der Waals surface area contributed by atoms with Gasteiger partial charge < -0.3 is 5.32 Å². The summed E-state index contributed by atoms with van der Waals surface area (Å²) in [5, 5.41) is 6.90. The molecule has 1 heterocycles. The van der Waals surface area contributed by atoms with E-state index in [4.69, 9.17) is 0 Å². The molecule has 0 radical (unpaired) electrons. The lowest BCUT2D eigenvalue weighted by molar-refractivity contribution is -0.144. The third-order valence-corrected chi connectivity index (χ3v) is 2.78. The summed E-state index contributed by atoms with van der Waals surface area (Å²) in [6.07, 6.45) is -1.48. The molecule has 3 nitrogen and oxygen atoms in total. The smallest absolute Gasteiger partial charge is 0.312 e. The zero-order valence-electron chi connectivity index (χ0n) is 11.7. The third-order valence-electron chi connectivity index (χ3n) is 2.78. The summed E-state index contributed by atoms with van der Waals surface area (Å²) >= 11 is 0. The molecule has 0 saturated heterocycles. The van der Waals surface area contributed by atoms with Crippen molar-refractivity contribution < 1.29 is 13.2 Å². The van der Waals surface area contributed by atoms with Crippen molar-refractivity contribution in [3.8, 4) is 0 Å². The molecule has 1 rings (SSSR count). The van der Waals surface area contributed by atoms with Crippen molar-refractivity contribution in [3.63, 3.8) is 0 Å². The molecule has 19 heavy (non-hydrogen) atoms. The van der Waals surface area contributed by atoms with Gasteiger partial charge in [0.25, 0.3) is 0 Å². The highest BCUT2D eigenvalue weighted by Crippen LogP contribution is 2.32. The van der Waals surface area contributed by atoms with Crippen LogP contribution < -0.4 is 5.32 Å². The number of aryl methyl sites for hydroxylation is 1. The van der Waals surface area contributed by atoms with Gasteiger partial charge >= 0.3 is 6.18 Å². The Morgan fingerprint density at radius 3 is 2.58 bits per heavy atom. The highest BCUT2D eigenvalue weighted by molar-refractivity contribution is 5.20. The summed E-state index contributed by atoms with van der Waals surface area (Å²) < 4.78 is 40.3. The normalized spacial score (nSPS) is 12.4. The molecule has 1 aromatic heterocycles. The Morgan fingerprint density at radius 2 is 2.05 bits per heavy atom. The van der Waals surface area contributed by atoms with Crippen molar-refractivity contribution in [2.75, 3.05) is 6.54 Å². The van der Waals surface area contributed by atoms with E-state index in [1.165, 1.54) is 6.20 Å². The molecule has 0 aliphatic heterocycles. The molecule has 0 aliphatic carbocycles. The quantitative estimate of drug-likeness (QED) is 0.827. The molecule has 0 saturated carbocycles. The lowest BCUT2D eigenvalue weighted by Crippen LogP contribution is -2.22. The van der Waals surface area contributed by atoms with E-state index >= 15 is 0 Å². The number of rotatable bonds is 7. The van der Waals surface area contributed by atoms with Gasteiger partial charge in [0, 0.05) is 18.7 Å². The number of alkyl halides is 3. The predicted octanol–water partition coefficient (Wildman–Crippen LogP) is 3.45. The first-order valence-corrected chi connectivity index (χ1v) is 6.68. The first-order chi connectivity index (χ1) is 8.86. The van der Waals surface area contributed by atoms with Crippen LogP contribution in [-0.2, 0) is 19.3 Å². The van der Waals surface area contributed by atoms with Crippen molar-refractivity contribution in [2.45, 2.75) is 52.9 Å². The first kappa shape index (κ1) is 16.0. The number of halogens is 3. The lowest BCUT2D eigenvalue weighted by Gasteiger charge is -2.13. The summed E-state index contributed by atoms with van der Waals surface area (Å²) in [5.41, 5.74) is -0.388. The SMILES string of the molecule is CCCCn1ncc(CNCC(C)C)c1C(F)(F)F. The standard InChI is InChI=1S/C13H22F3N3/c1-4-5-6-19-12(13(14,15)16)11(9-18-19)8-17-7-10(2)3/h9-10,17H,4-8H2,1-3H3. The Morgan fingerprint density at radius 1 is 1.37 bits per heavy atom. The summed E-state index contributed by atoms with van der Waals surface area (Å²) in [4.78, 5) is 0. The summed E-state index contributed by atoms with van der Waals surface area (Å²) in [5.74, 6) is 0.407. The van der Waals surface area contributed by atoms with Crippen LogP contribution in [0.15, 0.2) is 6.20 Å². The molecule has 0 bridgehead atoms.